The van der Waals surface area contributed by atoms with E-state index >= 15 is 0 Å². The standard InChI is InChI=1S/C18H15ClO/c19-17-7-3-4-13(10-17)11-18(20)16-9-8-14-5-1-2-6-15(14)12-16/h1-10,12,18,20H,11H2. The van der Waals surface area contributed by atoms with E-state index in [-0.39, 0.29) is 0 Å². The van der Waals surface area contributed by atoms with Crippen molar-refractivity contribution in [1.29, 1.82) is 0 Å². The summed E-state index contributed by atoms with van der Waals surface area (Å²) in [6, 6.07) is 21.9. The Labute approximate surface area is 123 Å². The first-order chi connectivity index (χ1) is 9.72. The normalized spacial score (nSPS) is 12.5. The molecule has 0 spiro atoms. The average molecular weight is 283 g/mol. The zero-order valence-electron chi connectivity index (χ0n) is 11.0. The first-order valence-corrected chi connectivity index (χ1v) is 7.01. The van der Waals surface area contributed by atoms with Gasteiger partial charge in [-0.3, -0.25) is 0 Å². The second kappa shape index (κ2) is 5.66. The van der Waals surface area contributed by atoms with Crippen molar-refractivity contribution in [2.24, 2.45) is 0 Å². The van der Waals surface area contributed by atoms with Crippen molar-refractivity contribution in [3.8, 4) is 0 Å². The summed E-state index contributed by atoms with van der Waals surface area (Å²) in [5.74, 6) is 0. The summed E-state index contributed by atoms with van der Waals surface area (Å²) < 4.78 is 0. The second-order valence-corrected chi connectivity index (χ2v) is 5.39. The first-order valence-electron chi connectivity index (χ1n) is 6.63. The van der Waals surface area contributed by atoms with Gasteiger partial charge in [0.15, 0.2) is 0 Å². The van der Waals surface area contributed by atoms with Gasteiger partial charge in [-0.05, 0) is 40.1 Å². The molecule has 0 saturated carbocycles. The molecule has 1 atom stereocenters. The van der Waals surface area contributed by atoms with Crippen LogP contribution in [0.15, 0.2) is 66.7 Å². The molecule has 0 aromatic heterocycles. The van der Waals surface area contributed by atoms with Crippen molar-refractivity contribution in [1.82, 2.24) is 0 Å². The Bertz CT molecular complexity index is 736. The van der Waals surface area contributed by atoms with Gasteiger partial charge in [0.2, 0.25) is 0 Å². The fraction of sp³-hybridized carbons (Fsp3) is 0.111. The minimum absolute atomic E-state index is 0.516. The maximum Gasteiger partial charge on any atom is 0.0830 e. The Morgan fingerprint density at radius 2 is 1.65 bits per heavy atom. The third kappa shape index (κ3) is 2.84. The molecule has 0 radical (unpaired) electrons. The predicted octanol–water partition coefficient (Wildman–Crippen LogP) is 4.77. The summed E-state index contributed by atoms with van der Waals surface area (Å²) in [6.45, 7) is 0. The maximum absolute atomic E-state index is 10.4. The first kappa shape index (κ1) is 13.2. The van der Waals surface area contributed by atoms with Crippen LogP contribution in [0.2, 0.25) is 5.02 Å². The summed E-state index contributed by atoms with van der Waals surface area (Å²) in [5, 5.41) is 13.4. The van der Waals surface area contributed by atoms with Gasteiger partial charge in [0.05, 0.1) is 6.10 Å². The van der Waals surface area contributed by atoms with Crippen LogP contribution in [0.25, 0.3) is 10.8 Å². The van der Waals surface area contributed by atoms with Crippen molar-refractivity contribution in [2.45, 2.75) is 12.5 Å². The molecular formula is C18H15ClO. The van der Waals surface area contributed by atoms with Crippen LogP contribution in [0.5, 0.6) is 0 Å². The van der Waals surface area contributed by atoms with E-state index in [1.54, 1.807) is 0 Å². The smallest absolute Gasteiger partial charge is 0.0830 e. The molecule has 3 rings (SSSR count). The van der Waals surface area contributed by atoms with Crippen LogP contribution in [0.3, 0.4) is 0 Å². The zero-order chi connectivity index (χ0) is 13.9. The zero-order valence-corrected chi connectivity index (χ0v) is 11.7. The van der Waals surface area contributed by atoms with E-state index in [1.165, 1.54) is 5.39 Å². The number of halogens is 1. The molecule has 0 aliphatic rings. The molecule has 100 valence electrons. The molecule has 0 aliphatic heterocycles. The van der Waals surface area contributed by atoms with Crippen molar-refractivity contribution >= 4 is 22.4 Å². The van der Waals surface area contributed by atoms with Gasteiger partial charge >= 0.3 is 0 Å². The largest absolute Gasteiger partial charge is 0.388 e. The van der Waals surface area contributed by atoms with E-state index in [0.29, 0.717) is 11.4 Å². The average Bonchev–Trinajstić information content (AvgIpc) is 2.47. The molecule has 0 aliphatic carbocycles. The van der Waals surface area contributed by atoms with Crippen LogP contribution in [0.4, 0.5) is 0 Å². The van der Waals surface area contributed by atoms with Crippen molar-refractivity contribution < 1.29 is 5.11 Å². The van der Waals surface area contributed by atoms with Crippen LogP contribution < -0.4 is 0 Å². The topological polar surface area (TPSA) is 20.2 Å². The molecule has 20 heavy (non-hydrogen) atoms. The molecule has 0 amide bonds. The summed E-state index contributed by atoms with van der Waals surface area (Å²) in [4.78, 5) is 0. The van der Waals surface area contributed by atoms with Crippen LogP contribution in [-0.4, -0.2) is 5.11 Å². The van der Waals surface area contributed by atoms with E-state index in [2.05, 4.69) is 12.1 Å². The number of aliphatic hydroxyl groups is 1. The van der Waals surface area contributed by atoms with E-state index < -0.39 is 6.10 Å². The van der Waals surface area contributed by atoms with Gasteiger partial charge in [0.1, 0.15) is 0 Å². The molecule has 3 aromatic rings. The molecule has 0 saturated heterocycles. The molecule has 3 aromatic carbocycles. The Balaban J connectivity index is 1.86. The monoisotopic (exact) mass is 282 g/mol. The summed E-state index contributed by atoms with van der Waals surface area (Å²) in [7, 11) is 0. The number of benzene rings is 3. The highest BCUT2D eigenvalue weighted by atomic mass is 35.5. The van der Waals surface area contributed by atoms with Gasteiger partial charge in [0, 0.05) is 11.4 Å². The molecular weight excluding hydrogens is 268 g/mol. The van der Waals surface area contributed by atoms with Crippen LogP contribution in [0.1, 0.15) is 17.2 Å². The third-order valence-electron chi connectivity index (χ3n) is 3.48. The van der Waals surface area contributed by atoms with Gasteiger partial charge in [-0.2, -0.15) is 0 Å². The molecule has 0 heterocycles. The van der Waals surface area contributed by atoms with Crippen molar-refractivity contribution in [3.63, 3.8) is 0 Å². The fourth-order valence-electron chi connectivity index (χ4n) is 2.42. The SMILES string of the molecule is OC(Cc1cccc(Cl)c1)c1ccc2ccccc2c1. The number of hydrogen-bond donors (Lipinski definition) is 1. The summed E-state index contributed by atoms with van der Waals surface area (Å²) in [5.41, 5.74) is 1.97. The summed E-state index contributed by atoms with van der Waals surface area (Å²) >= 11 is 5.97. The molecule has 1 nitrogen and oxygen atoms in total. The summed E-state index contributed by atoms with van der Waals surface area (Å²) in [6.07, 6.45) is 0.0527. The van der Waals surface area contributed by atoms with Crippen LogP contribution in [-0.2, 0) is 6.42 Å². The van der Waals surface area contributed by atoms with Crippen LogP contribution >= 0.6 is 11.6 Å². The van der Waals surface area contributed by atoms with Gasteiger partial charge < -0.3 is 5.11 Å². The number of fused-ring (bicyclic) bond motifs is 1. The Morgan fingerprint density at radius 3 is 2.45 bits per heavy atom. The lowest BCUT2D eigenvalue weighted by Gasteiger charge is -2.12. The van der Waals surface area contributed by atoms with Gasteiger partial charge in [-0.25, -0.2) is 0 Å². The molecule has 1 N–H and O–H groups in total. The number of hydrogen-bond acceptors (Lipinski definition) is 1. The van der Waals surface area contributed by atoms with E-state index in [0.717, 1.165) is 16.5 Å². The minimum atomic E-state index is -0.516. The van der Waals surface area contributed by atoms with Crippen LogP contribution in [0, 0.1) is 0 Å². The van der Waals surface area contributed by atoms with Crippen molar-refractivity contribution in [3.05, 3.63) is 82.9 Å². The number of rotatable bonds is 3. The highest BCUT2D eigenvalue weighted by Crippen LogP contribution is 2.24. The minimum Gasteiger partial charge on any atom is -0.388 e. The lowest BCUT2D eigenvalue weighted by molar-refractivity contribution is 0.178. The van der Waals surface area contributed by atoms with Gasteiger partial charge in [-0.1, -0.05) is 60.1 Å². The van der Waals surface area contributed by atoms with E-state index in [4.69, 9.17) is 11.6 Å². The Morgan fingerprint density at radius 1 is 0.850 bits per heavy atom. The molecule has 1 unspecified atom stereocenters. The molecule has 2 heteroatoms. The Kier molecular flexibility index (Phi) is 3.72. The van der Waals surface area contributed by atoms with Gasteiger partial charge in [0.25, 0.3) is 0 Å². The molecule has 0 fully saturated rings. The van der Waals surface area contributed by atoms with E-state index in [9.17, 15) is 5.11 Å². The van der Waals surface area contributed by atoms with Crippen molar-refractivity contribution in [2.75, 3.05) is 0 Å². The molecule has 0 bridgehead atoms. The predicted molar refractivity (Wildman–Crippen MR) is 84.1 cm³/mol. The fourth-order valence-corrected chi connectivity index (χ4v) is 2.63. The van der Waals surface area contributed by atoms with Gasteiger partial charge in [-0.15, -0.1) is 0 Å². The Hall–Kier alpha value is -1.83. The quantitative estimate of drug-likeness (QED) is 0.734. The lowest BCUT2D eigenvalue weighted by atomic mass is 9.99. The highest BCUT2D eigenvalue weighted by Gasteiger charge is 2.09. The highest BCUT2D eigenvalue weighted by molar-refractivity contribution is 6.30. The van der Waals surface area contributed by atoms with E-state index in [1.807, 2.05) is 54.6 Å². The lowest BCUT2D eigenvalue weighted by Crippen LogP contribution is -2.01. The maximum atomic E-state index is 10.4. The second-order valence-electron chi connectivity index (χ2n) is 4.96. The number of aliphatic hydroxyl groups excluding tert-OH is 1. The third-order valence-corrected chi connectivity index (χ3v) is 3.71.